The largest absolute Gasteiger partial charge is 0.317 e. The lowest BCUT2D eigenvalue weighted by Gasteiger charge is -2.33. The summed E-state index contributed by atoms with van der Waals surface area (Å²) in [7, 11) is 0. The molecule has 1 aliphatic carbocycles. The fourth-order valence-corrected chi connectivity index (χ4v) is 9.88. The van der Waals surface area contributed by atoms with Crippen molar-refractivity contribution in [3.8, 4) is 33.6 Å². The molecule has 0 fully saturated rings. The Morgan fingerprint density at radius 2 is 0.946 bits per heavy atom. The molecule has 0 radical (unpaired) electrons. The van der Waals surface area contributed by atoms with E-state index in [2.05, 4.69) is 208 Å². The molecule has 3 heterocycles. The minimum Gasteiger partial charge on any atom is -0.309 e. The van der Waals surface area contributed by atoms with Gasteiger partial charge in [-0.3, -0.25) is 0 Å². The first-order valence-corrected chi connectivity index (χ1v) is 19.3. The smallest absolute Gasteiger partial charge is 0.309 e. The van der Waals surface area contributed by atoms with Gasteiger partial charge < -0.3 is 9.13 Å². The third kappa shape index (κ3) is 4.15. The van der Waals surface area contributed by atoms with Gasteiger partial charge in [-0.1, -0.05) is 156 Å². The first kappa shape index (κ1) is 31.0. The van der Waals surface area contributed by atoms with Gasteiger partial charge in [0.05, 0.1) is 27.5 Å². The van der Waals surface area contributed by atoms with Crippen LogP contribution in [0.4, 0.5) is 0 Å². The molecule has 0 saturated carbocycles. The first-order chi connectivity index (χ1) is 27.8. The minimum absolute atomic E-state index is 0.441. The summed E-state index contributed by atoms with van der Waals surface area (Å²) in [6.07, 6.45) is 3.93. The molecule has 0 bridgehead atoms. The van der Waals surface area contributed by atoms with Crippen LogP contribution in [-0.4, -0.2) is 21.6 Å². The molecule has 0 saturated heterocycles. The van der Waals surface area contributed by atoms with E-state index in [-0.39, 0.29) is 0 Å². The van der Waals surface area contributed by atoms with E-state index < -0.39 is 5.41 Å². The SMILES string of the molecule is C1=[N+]=Cc2c1c1ccccc1n2-c1ccc(-c2ccc(-n3c4ccccc4c4c5c(ccc43)C(c3ccccc3)(c3ccccc3)c3ccccc3-5)cc2)cc1. The molecule has 3 heteroatoms. The lowest BCUT2D eigenvalue weighted by atomic mass is 9.67. The molecular weight excluding hydrogens is 679 g/mol. The van der Waals surface area contributed by atoms with Gasteiger partial charge in [-0.05, 0) is 87.0 Å². The van der Waals surface area contributed by atoms with Crippen LogP contribution in [0, 0.1) is 0 Å². The Bertz CT molecular complexity index is 3210. The van der Waals surface area contributed by atoms with Crippen molar-refractivity contribution < 1.29 is 0 Å². The Morgan fingerprint density at radius 1 is 0.393 bits per heavy atom. The van der Waals surface area contributed by atoms with Crippen LogP contribution in [0.3, 0.4) is 0 Å². The molecule has 0 N–H and O–H groups in total. The second kappa shape index (κ2) is 11.8. The summed E-state index contributed by atoms with van der Waals surface area (Å²) in [5.41, 5.74) is 18.0. The van der Waals surface area contributed by atoms with Crippen LogP contribution in [0.2, 0.25) is 0 Å². The lowest BCUT2D eigenvalue weighted by molar-refractivity contribution is 0.769. The molecule has 2 aromatic heterocycles. The third-order valence-corrected chi connectivity index (χ3v) is 12.2. The van der Waals surface area contributed by atoms with E-state index in [4.69, 9.17) is 0 Å². The maximum atomic E-state index is 4.47. The molecule has 2 aliphatic rings. The molecule has 1 aliphatic heterocycles. The molecule has 0 atom stereocenters. The first-order valence-electron chi connectivity index (χ1n) is 19.3. The van der Waals surface area contributed by atoms with Crippen LogP contribution in [0.25, 0.3) is 66.3 Å². The topological polar surface area (TPSA) is 24.0 Å². The number of rotatable bonds is 5. The second-order valence-corrected chi connectivity index (χ2v) is 14.9. The number of para-hydroxylation sites is 2. The fraction of sp³-hybridized carbons (Fsp3) is 0.0189. The van der Waals surface area contributed by atoms with Gasteiger partial charge in [0.25, 0.3) is 0 Å². The summed E-state index contributed by atoms with van der Waals surface area (Å²) in [5, 5.41) is 3.79. The van der Waals surface area contributed by atoms with Gasteiger partial charge in [0, 0.05) is 27.5 Å². The molecule has 12 rings (SSSR count). The van der Waals surface area contributed by atoms with E-state index >= 15 is 0 Å². The van der Waals surface area contributed by atoms with Gasteiger partial charge >= 0.3 is 12.4 Å². The van der Waals surface area contributed by atoms with E-state index in [1.54, 1.807) is 0 Å². The highest BCUT2D eigenvalue weighted by molar-refractivity contribution is 6.18. The third-order valence-electron chi connectivity index (χ3n) is 12.2. The second-order valence-electron chi connectivity index (χ2n) is 14.9. The maximum absolute atomic E-state index is 4.47. The number of aromatic nitrogens is 2. The van der Waals surface area contributed by atoms with Gasteiger partial charge in [-0.15, -0.1) is 0 Å². The van der Waals surface area contributed by atoms with Crippen molar-refractivity contribution in [1.29, 1.82) is 0 Å². The molecule has 10 aromatic rings. The maximum Gasteiger partial charge on any atom is 0.317 e. The predicted octanol–water partition coefficient (Wildman–Crippen LogP) is 11.7. The van der Waals surface area contributed by atoms with E-state index in [0.717, 1.165) is 17.1 Å². The van der Waals surface area contributed by atoms with E-state index in [1.165, 1.54) is 82.8 Å². The number of hydrogen-bond acceptors (Lipinski definition) is 0. The van der Waals surface area contributed by atoms with Crippen LogP contribution >= 0.6 is 0 Å². The van der Waals surface area contributed by atoms with E-state index in [9.17, 15) is 0 Å². The number of hydrogen-bond donors (Lipinski definition) is 0. The summed E-state index contributed by atoms with van der Waals surface area (Å²) < 4.78 is 9.22. The summed E-state index contributed by atoms with van der Waals surface area (Å²) in [4.78, 5) is 0. The van der Waals surface area contributed by atoms with E-state index in [0.29, 0.717) is 0 Å². The fourth-order valence-electron chi connectivity index (χ4n) is 9.88. The van der Waals surface area contributed by atoms with Crippen molar-refractivity contribution in [1.82, 2.24) is 13.8 Å². The average Bonchev–Trinajstić information content (AvgIpc) is 4.03. The summed E-state index contributed by atoms with van der Waals surface area (Å²) in [6.45, 7) is 0. The predicted molar refractivity (Wildman–Crippen MR) is 233 cm³/mol. The number of benzene rings is 8. The molecule has 8 aromatic carbocycles. The van der Waals surface area contributed by atoms with Gasteiger partial charge in [-0.2, -0.15) is 0 Å². The van der Waals surface area contributed by atoms with Gasteiger partial charge in [0.2, 0.25) is 0 Å². The highest BCUT2D eigenvalue weighted by Gasteiger charge is 2.47. The monoisotopic (exact) mass is 712 g/mol. The Labute approximate surface area is 324 Å². The van der Waals surface area contributed by atoms with Crippen molar-refractivity contribution in [3.05, 3.63) is 228 Å². The summed E-state index contributed by atoms with van der Waals surface area (Å²) >= 11 is 0. The van der Waals surface area contributed by atoms with Crippen molar-refractivity contribution in [2.75, 3.05) is 0 Å². The molecule has 260 valence electrons. The summed E-state index contributed by atoms with van der Waals surface area (Å²) in [5.74, 6) is 0. The van der Waals surface area contributed by atoms with E-state index in [1.807, 2.05) is 12.4 Å². The molecule has 0 spiro atoms. The van der Waals surface area contributed by atoms with Gasteiger partial charge in [0.1, 0.15) is 5.69 Å². The van der Waals surface area contributed by atoms with Crippen molar-refractivity contribution in [3.63, 3.8) is 0 Å². The molecule has 0 unspecified atom stereocenters. The van der Waals surface area contributed by atoms with Crippen molar-refractivity contribution >= 4 is 45.1 Å². The Kier molecular flexibility index (Phi) is 6.51. The van der Waals surface area contributed by atoms with Crippen LogP contribution in [0.5, 0.6) is 0 Å². The Morgan fingerprint density at radius 3 is 1.62 bits per heavy atom. The Balaban J connectivity index is 1.01. The zero-order valence-electron chi connectivity index (χ0n) is 30.5. The van der Waals surface area contributed by atoms with Gasteiger partial charge in [-0.25, -0.2) is 0 Å². The zero-order chi connectivity index (χ0) is 36.8. The zero-order valence-corrected chi connectivity index (χ0v) is 30.5. The normalized spacial score (nSPS) is 13.4. The van der Waals surface area contributed by atoms with Crippen molar-refractivity contribution in [2.24, 2.45) is 0 Å². The Hall–Kier alpha value is -7.45. The molecular formula is C53H34N3+. The number of nitrogens with zero attached hydrogens (tertiary/aromatic N) is 3. The van der Waals surface area contributed by atoms with Gasteiger partial charge in [0.15, 0.2) is 0 Å². The average molecular weight is 713 g/mol. The quantitative estimate of drug-likeness (QED) is 0.159. The molecule has 56 heavy (non-hydrogen) atoms. The summed E-state index contributed by atoms with van der Waals surface area (Å²) in [6, 6.07) is 71.3. The number of fused-ring (bicyclic) bond motifs is 10. The van der Waals surface area contributed by atoms with Crippen LogP contribution in [0.15, 0.2) is 194 Å². The highest BCUT2D eigenvalue weighted by atomic mass is 15.0. The highest BCUT2D eigenvalue weighted by Crippen LogP contribution is 2.58. The van der Waals surface area contributed by atoms with Crippen LogP contribution in [0.1, 0.15) is 33.5 Å². The molecule has 0 amide bonds. The van der Waals surface area contributed by atoms with Crippen LogP contribution < -0.4 is 4.67 Å². The van der Waals surface area contributed by atoms with Crippen molar-refractivity contribution in [2.45, 2.75) is 5.41 Å². The minimum atomic E-state index is -0.441. The van der Waals surface area contributed by atoms with Crippen LogP contribution in [-0.2, 0) is 5.41 Å². The standard InChI is InChI=1S/C53H34N3/c1-3-13-37(14-4-1)53(38-15-5-2-6-16-38)45-20-10-7-18-42(45)51-46(53)31-32-49-52(51)43-19-9-12-22-48(43)55(49)39-27-23-35(24-28-39)36-25-29-40(30-26-36)56-47-21-11-8-17-41(47)44-33-54-34-50(44)56/h1-34H/q+1. The lowest BCUT2D eigenvalue weighted by Crippen LogP contribution is -2.28. The molecule has 3 nitrogen and oxygen atoms in total.